The molecule has 0 atom stereocenters. The van der Waals surface area contributed by atoms with E-state index in [2.05, 4.69) is 38.9 Å². The van der Waals surface area contributed by atoms with E-state index in [0.29, 0.717) is 5.69 Å². The molecule has 0 radical (unpaired) electrons. The molecule has 6 nitrogen and oxygen atoms in total. The predicted octanol–water partition coefficient (Wildman–Crippen LogP) is 2.90. The van der Waals surface area contributed by atoms with Crippen molar-refractivity contribution >= 4 is 33.3 Å². The minimum atomic E-state index is 0.424. The maximum atomic E-state index is 9.13. The number of pyridine rings is 2. The zero-order valence-electron chi connectivity index (χ0n) is 14.3. The monoisotopic (exact) mass is 361 g/mol. The van der Waals surface area contributed by atoms with Crippen molar-refractivity contribution in [2.75, 3.05) is 13.1 Å². The summed E-state index contributed by atoms with van der Waals surface area (Å²) < 4.78 is 0. The molecule has 7 heteroatoms. The average Bonchev–Trinajstić information content (AvgIpc) is 3.27. The Morgan fingerprint density at radius 3 is 3.15 bits per heavy atom. The second-order valence-corrected chi connectivity index (χ2v) is 7.62. The van der Waals surface area contributed by atoms with Crippen LogP contribution in [0.25, 0.3) is 32.5 Å². The van der Waals surface area contributed by atoms with E-state index in [-0.39, 0.29) is 0 Å². The zero-order valence-corrected chi connectivity index (χ0v) is 15.2. The lowest BCUT2D eigenvalue weighted by Crippen LogP contribution is -2.29. The molecule has 0 amide bonds. The van der Waals surface area contributed by atoms with Crippen molar-refractivity contribution < 1.29 is 4.98 Å². The summed E-state index contributed by atoms with van der Waals surface area (Å²) in [5, 5.41) is 12.2. The minimum Gasteiger partial charge on any atom is -0.297 e. The third kappa shape index (κ3) is 2.38. The smallest absolute Gasteiger partial charge is 0.285 e. The van der Waals surface area contributed by atoms with Crippen LogP contribution in [0.15, 0.2) is 24.5 Å². The summed E-state index contributed by atoms with van der Waals surface area (Å²) in [5.74, 6) is 0. The van der Waals surface area contributed by atoms with E-state index in [4.69, 9.17) is 10.2 Å². The molecule has 4 aromatic heterocycles. The summed E-state index contributed by atoms with van der Waals surface area (Å²) in [6.07, 6.45) is 4.79. The van der Waals surface area contributed by atoms with E-state index in [0.717, 1.165) is 58.6 Å². The third-order valence-corrected chi connectivity index (χ3v) is 6.22. The number of rotatable bonds is 2. The van der Waals surface area contributed by atoms with Crippen molar-refractivity contribution in [3.05, 3.63) is 40.8 Å². The van der Waals surface area contributed by atoms with Crippen molar-refractivity contribution in [1.82, 2.24) is 19.9 Å². The number of hydrogen-bond donors (Lipinski definition) is 1. The number of nitrogens with zero attached hydrogens (tertiary/aromatic N) is 4. The standard InChI is InChI=1S/C19H16N6S/c1-2-25-4-3-17-16(10-25)24-19(26-17)11-5-14-13-6-12(7-20)21-9-15(13)23-18(14)22-8-11/h5-6,8-9H,2-4,10H2,1H3,(H,22,23)/p+1. The molecule has 4 aromatic rings. The number of hydrogen-bond acceptors (Lipinski definition) is 5. The normalized spacial score (nSPS) is 14.6. The molecule has 0 bridgehead atoms. The molecule has 0 aliphatic carbocycles. The quantitative estimate of drug-likeness (QED) is 0.595. The number of H-pyrrole nitrogens is 2. The lowest BCUT2D eigenvalue weighted by atomic mass is 10.1. The van der Waals surface area contributed by atoms with E-state index < -0.39 is 0 Å². The van der Waals surface area contributed by atoms with Gasteiger partial charge in [-0.25, -0.2) is 19.9 Å². The highest BCUT2D eigenvalue weighted by molar-refractivity contribution is 7.15. The fourth-order valence-corrected chi connectivity index (χ4v) is 4.60. The van der Waals surface area contributed by atoms with Crippen LogP contribution in [0.3, 0.4) is 0 Å². The molecule has 0 fully saturated rings. The highest BCUT2D eigenvalue weighted by Gasteiger charge is 2.21. The number of aromatic nitrogens is 4. The van der Waals surface area contributed by atoms with Gasteiger partial charge < -0.3 is 0 Å². The highest BCUT2D eigenvalue weighted by atomic mass is 32.1. The number of nitrogens with one attached hydrogen (secondary N) is 2. The van der Waals surface area contributed by atoms with Gasteiger partial charge in [0.25, 0.3) is 5.65 Å². The number of thiazole rings is 1. The summed E-state index contributed by atoms with van der Waals surface area (Å²) in [4.78, 5) is 19.5. The lowest BCUT2D eigenvalue weighted by molar-refractivity contribution is -0.346. The van der Waals surface area contributed by atoms with Gasteiger partial charge in [-0.15, -0.1) is 11.3 Å². The fraction of sp³-hybridized carbons (Fsp3) is 0.263. The summed E-state index contributed by atoms with van der Waals surface area (Å²) >= 11 is 1.79. The third-order valence-electron chi connectivity index (χ3n) is 5.01. The van der Waals surface area contributed by atoms with E-state index >= 15 is 0 Å². The Morgan fingerprint density at radius 2 is 2.31 bits per heavy atom. The first-order chi connectivity index (χ1) is 12.7. The Hall–Kier alpha value is -2.82. The molecule has 5 heterocycles. The minimum absolute atomic E-state index is 0.424. The lowest BCUT2D eigenvalue weighted by Gasteiger charge is -2.23. The van der Waals surface area contributed by atoms with E-state index in [1.54, 1.807) is 17.5 Å². The summed E-state index contributed by atoms with van der Waals surface area (Å²) in [7, 11) is 0. The van der Waals surface area contributed by atoms with Crippen LogP contribution in [0, 0.1) is 11.3 Å². The molecule has 0 spiro atoms. The van der Waals surface area contributed by atoms with Crippen LogP contribution < -0.4 is 4.98 Å². The van der Waals surface area contributed by atoms with Gasteiger partial charge in [0.1, 0.15) is 16.8 Å². The van der Waals surface area contributed by atoms with Crippen LogP contribution >= 0.6 is 11.3 Å². The van der Waals surface area contributed by atoms with E-state index in [9.17, 15) is 0 Å². The summed E-state index contributed by atoms with van der Waals surface area (Å²) in [6, 6.07) is 6.09. The van der Waals surface area contributed by atoms with Crippen LogP contribution in [0.2, 0.25) is 0 Å². The molecule has 5 rings (SSSR count). The molecule has 0 saturated heterocycles. The Morgan fingerprint density at radius 1 is 1.38 bits per heavy atom. The molecule has 1 aliphatic heterocycles. The Bertz CT molecular complexity index is 1180. The predicted molar refractivity (Wildman–Crippen MR) is 101 cm³/mol. The van der Waals surface area contributed by atoms with Gasteiger partial charge in [-0.1, -0.05) is 6.92 Å². The molecule has 1 aliphatic rings. The molecule has 0 saturated carbocycles. The maximum Gasteiger partial charge on any atom is 0.285 e. The summed E-state index contributed by atoms with van der Waals surface area (Å²) in [5.41, 5.74) is 4.57. The van der Waals surface area contributed by atoms with E-state index in [1.807, 2.05) is 12.3 Å². The van der Waals surface area contributed by atoms with Gasteiger partial charge in [0, 0.05) is 23.4 Å². The second kappa shape index (κ2) is 5.87. The highest BCUT2D eigenvalue weighted by Crippen LogP contribution is 2.33. The Kier molecular flexibility index (Phi) is 3.48. The SMILES string of the molecule is CCN1CCc2sc(-c3c[nH+]c4[nH]c5cnc(C#N)cc5c4c3)nc2C1. The first-order valence-corrected chi connectivity index (χ1v) is 9.51. The van der Waals surface area contributed by atoms with Crippen molar-refractivity contribution in [2.24, 2.45) is 0 Å². The van der Waals surface area contributed by atoms with Gasteiger partial charge in [-0.3, -0.25) is 4.90 Å². The van der Waals surface area contributed by atoms with Crippen molar-refractivity contribution in [2.45, 2.75) is 19.9 Å². The molecular weight excluding hydrogens is 344 g/mol. The second-order valence-electron chi connectivity index (χ2n) is 6.54. The van der Waals surface area contributed by atoms with Crippen LogP contribution in [-0.2, 0) is 13.0 Å². The molecule has 26 heavy (non-hydrogen) atoms. The van der Waals surface area contributed by atoms with Gasteiger partial charge in [0.2, 0.25) is 0 Å². The topological polar surface area (TPSA) is 82.7 Å². The van der Waals surface area contributed by atoms with Crippen molar-refractivity contribution in [1.29, 1.82) is 5.26 Å². The molecular formula is C19H17N6S+. The fourth-order valence-electron chi connectivity index (χ4n) is 3.56. The first-order valence-electron chi connectivity index (χ1n) is 8.69. The van der Waals surface area contributed by atoms with Crippen LogP contribution in [0.5, 0.6) is 0 Å². The van der Waals surface area contributed by atoms with E-state index in [1.165, 1.54) is 10.6 Å². The molecule has 0 aromatic carbocycles. The van der Waals surface area contributed by atoms with Gasteiger partial charge in [0.05, 0.1) is 29.0 Å². The molecule has 128 valence electrons. The number of aromatic amines is 2. The summed E-state index contributed by atoms with van der Waals surface area (Å²) in [6.45, 7) is 5.32. The molecule has 0 unspecified atom stereocenters. The van der Waals surface area contributed by atoms with Gasteiger partial charge in [-0.2, -0.15) is 5.26 Å². The average molecular weight is 361 g/mol. The van der Waals surface area contributed by atoms with Gasteiger partial charge >= 0.3 is 0 Å². The van der Waals surface area contributed by atoms with Crippen LogP contribution in [0.1, 0.15) is 23.2 Å². The Labute approximate surface area is 154 Å². The number of fused-ring (bicyclic) bond motifs is 4. The largest absolute Gasteiger partial charge is 0.297 e. The number of nitriles is 1. The first kappa shape index (κ1) is 15.4. The Balaban J connectivity index is 1.63. The van der Waals surface area contributed by atoms with Crippen molar-refractivity contribution in [3.63, 3.8) is 0 Å². The van der Waals surface area contributed by atoms with Crippen molar-refractivity contribution in [3.8, 4) is 16.6 Å². The molecule has 2 N–H and O–H groups in total. The van der Waals surface area contributed by atoms with Crippen LogP contribution in [-0.4, -0.2) is 32.9 Å². The number of likely N-dealkylation sites (N-methyl/N-ethyl adjacent to an activating group) is 1. The maximum absolute atomic E-state index is 9.13. The van der Waals surface area contributed by atoms with Crippen LogP contribution in [0.4, 0.5) is 0 Å². The zero-order chi connectivity index (χ0) is 17.7. The van der Waals surface area contributed by atoms with Gasteiger partial charge in [-0.05, 0) is 25.1 Å². The van der Waals surface area contributed by atoms with Gasteiger partial charge in [0.15, 0.2) is 5.52 Å².